The Balaban J connectivity index is 2.96. The standard InChI is InChI=1S/C8H5BrNO2/c1-10-6-3-2-5(9)4-7(6)12-8(10)11/h2-4H,1H2. The molecule has 4 heteroatoms. The van der Waals surface area contributed by atoms with E-state index in [4.69, 9.17) is 4.42 Å². The molecule has 0 unspecified atom stereocenters. The maximum Gasteiger partial charge on any atom is 0.420 e. The van der Waals surface area contributed by atoms with Gasteiger partial charge in [0.15, 0.2) is 5.58 Å². The van der Waals surface area contributed by atoms with Gasteiger partial charge in [-0.2, -0.15) is 0 Å². The number of benzene rings is 1. The molecule has 0 aliphatic rings. The van der Waals surface area contributed by atoms with Crippen molar-refractivity contribution in [2.45, 2.75) is 0 Å². The summed E-state index contributed by atoms with van der Waals surface area (Å²) in [4.78, 5) is 11.0. The Hall–Kier alpha value is -1.03. The summed E-state index contributed by atoms with van der Waals surface area (Å²) in [6, 6.07) is 5.34. The van der Waals surface area contributed by atoms with E-state index in [0.717, 1.165) is 4.47 Å². The Morgan fingerprint density at radius 2 is 2.25 bits per heavy atom. The van der Waals surface area contributed by atoms with Gasteiger partial charge in [-0.25, -0.2) is 4.79 Å². The summed E-state index contributed by atoms with van der Waals surface area (Å²) in [5, 5.41) is 0. The number of rotatable bonds is 0. The van der Waals surface area contributed by atoms with Crippen molar-refractivity contribution in [1.29, 1.82) is 0 Å². The fraction of sp³-hybridized carbons (Fsp3) is 0. The van der Waals surface area contributed by atoms with E-state index in [1.54, 1.807) is 12.1 Å². The first-order chi connectivity index (χ1) is 5.68. The first-order valence-electron chi connectivity index (χ1n) is 3.30. The minimum absolute atomic E-state index is 0.442. The Kier molecular flexibility index (Phi) is 1.58. The molecule has 1 aromatic carbocycles. The molecule has 1 aromatic heterocycles. The van der Waals surface area contributed by atoms with Crippen LogP contribution in [-0.4, -0.2) is 4.57 Å². The minimum Gasteiger partial charge on any atom is -0.408 e. The van der Waals surface area contributed by atoms with Crippen molar-refractivity contribution < 1.29 is 4.42 Å². The average Bonchev–Trinajstić information content (AvgIpc) is 2.28. The molecule has 2 rings (SSSR count). The predicted octanol–water partition coefficient (Wildman–Crippen LogP) is 2.00. The summed E-state index contributed by atoms with van der Waals surface area (Å²) in [6.07, 6.45) is 0. The van der Waals surface area contributed by atoms with E-state index in [-0.39, 0.29) is 0 Å². The lowest BCUT2D eigenvalue weighted by Crippen LogP contribution is -2.06. The monoisotopic (exact) mass is 226 g/mol. The van der Waals surface area contributed by atoms with E-state index in [9.17, 15) is 4.79 Å². The predicted molar refractivity (Wildman–Crippen MR) is 48.9 cm³/mol. The van der Waals surface area contributed by atoms with Crippen molar-refractivity contribution in [3.8, 4) is 0 Å². The van der Waals surface area contributed by atoms with Gasteiger partial charge in [0.25, 0.3) is 0 Å². The van der Waals surface area contributed by atoms with Crippen LogP contribution in [0.15, 0.2) is 31.9 Å². The van der Waals surface area contributed by atoms with E-state index in [0.29, 0.717) is 11.1 Å². The van der Waals surface area contributed by atoms with E-state index in [1.165, 1.54) is 4.57 Å². The Bertz CT molecular complexity index is 483. The number of hydrogen-bond donors (Lipinski definition) is 0. The van der Waals surface area contributed by atoms with Gasteiger partial charge in [-0.3, -0.25) is 4.57 Å². The van der Waals surface area contributed by atoms with Crippen LogP contribution in [0.4, 0.5) is 0 Å². The number of halogens is 1. The fourth-order valence-electron chi connectivity index (χ4n) is 1.04. The molecule has 12 heavy (non-hydrogen) atoms. The number of nitrogens with zero attached hydrogens (tertiary/aromatic N) is 1. The maximum absolute atomic E-state index is 11.0. The SMILES string of the molecule is [CH2]n1c(=O)oc2cc(Br)ccc21. The van der Waals surface area contributed by atoms with Crippen LogP contribution < -0.4 is 5.76 Å². The van der Waals surface area contributed by atoms with Crippen LogP contribution in [0.2, 0.25) is 0 Å². The summed E-state index contributed by atoms with van der Waals surface area (Å²) in [5.41, 5.74) is 1.24. The molecule has 0 amide bonds. The molecule has 0 aliphatic heterocycles. The van der Waals surface area contributed by atoms with Crippen LogP contribution in [0.3, 0.4) is 0 Å². The van der Waals surface area contributed by atoms with Crippen molar-refractivity contribution in [1.82, 2.24) is 4.57 Å². The third-order valence-electron chi connectivity index (χ3n) is 1.63. The quantitative estimate of drug-likeness (QED) is 0.689. The van der Waals surface area contributed by atoms with Gasteiger partial charge in [0.2, 0.25) is 0 Å². The lowest BCUT2D eigenvalue weighted by molar-refractivity contribution is 0.539. The third-order valence-corrected chi connectivity index (χ3v) is 2.12. The minimum atomic E-state index is -0.442. The summed E-state index contributed by atoms with van der Waals surface area (Å²) < 4.78 is 7.00. The van der Waals surface area contributed by atoms with Gasteiger partial charge in [0, 0.05) is 11.5 Å². The summed E-state index contributed by atoms with van der Waals surface area (Å²) >= 11 is 3.27. The molecule has 0 spiro atoms. The number of hydrogen-bond acceptors (Lipinski definition) is 2. The molecular weight excluding hydrogens is 222 g/mol. The zero-order valence-electron chi connectivity index (χ0n) is 6.08. The molecule has 0 atom stereocenters. The first kappa shape index (κ1) is 7.61. The van der Waals surface area contributed by atoms with Gasteiger partial charge in [0.05, 0.1) is 5.52 Å². The third kappa shape index (κ3) is 0.992. The van der Waals surface area contributed by atoms with Gasteiger partial charge in [0.1, 0.15) is 0 Å². The smallest absolute Gasteiger partial charge is 0.408 e. The van der Waals surface area contributed by atoms with Crippen molar-refractivity contribution in [2.75, 3.05) is 0 Å². The highest BCUT2D eigenvalue weighted by atomic mass is 79.9. The summed E-state index contributed by atoms with van der Waals surface area (Å²) in [5.74, 6) is -0.442. The fourth-order valence-corrected chi connectivity index (χ4v) is 1.38. The second kappa shape index (κ2) is 2.48. The Morgan fingerprint density at radius 3 is 3.00 bits per heavy atom. The summed E-state index contributed by atoms with van der Waals surface area (Å²) in [7, 11) is 3.53. The molecule has 61 valence electrons. The van der Waals surface area contributed by atoms with Crippen LogP contribution in [0.5, 0.6) is 0 Å². The van der Waals surface area contributed by atoms with Crippen molar-refractivity contribution >= 4 is 27.0 Å². The molecule has 0 bridgehead atoms. The van der Waals surface area contributed by atoms with Crippen molar-refractivity contribution in [3.63, 3.8) is 0 Å². The second-order valence-corrected chi connectivity index (χ2v) is 3.32. The Labute approximate surface area is 76.7 Å². The Morgan fingerprint density at radius 1 is 1.50 bits per heavy atom. The van der Waals surface area contributed by atoms with Crippen LogP contribution in [0, 0.1) is 7.05 Å². The van der Waals surface area contributed by atoms with Gasteiger partial charge < -0.3 is 4.42 Å². The molecular formula is C8H5BrNO2. The number of fused-ring (bicyclic) bond motifs is 1. The average molecular weight is 227 g/mol. The van der Waals surface area contributed by atoms with Gasteiger partial charge >= 0.3 is 5.76 Å². The topological polar surface area (TPSA) is 35.1 Å². The van der Waals surface area contributed by atoms with Gasteiger partial charge in [-0.15, -0.1) is 0 Å². The normalized spacial score (nSPS) is 10.8. The molecule has 0 N–H and O–H groups in total. The van der Waals surface area contributed by atoms with E-state index < -0.39 is 5.76 Å². The van der Waals surface area contributed by atoms with Crippen LogP contribution >= 0.6 is 15.9 Å². The molecule has 1 heterocycles. The highest BCUT2D eigenvalue weighted by Crippen LogP contribution is 2.17. The number of aromatic nitrogens is 1. The van der Waals surface area contributed by atoms with E-state index in [2.05, 4.69) is 23.0 Å². The summed E-state index contributed by atoms with van der Waals surface area (Å²) in [6.45, 7) is 0. The molecule has 0 fully saturated rings. The molecule has 0 saturated heterocycles. The molecule has 0 saturated carbocycles. The largest absolute Gasteiger partial charge is 0.420 e. The van der Waals surface area contributed by atoms with Crippen LogP contribution in [-0.2, 0) is 0 Å². The molecule has 0 aliphatic carbocycles. The second-order valence-electron chi connectivity index (χ2n) is 2.41. The van der Waals surface area contributed by atoms with E-state index >= 15 is 0 Å². The lowest BCUT2D eigenvalue weighted by Gasteiger charge is -1.90. The van der Waals surface area contributed by atoms with Crippen LogP contribution in [0.25, 0.3) is 11.1 Å². The molecule has 2 aromatic rings. The van der Waals surface area contributed by atoms with Gasteiger partial charge in [-0.05, 0) is 18.2 Å². The molecule has 3 nitrogen and oxygen atoms in total. The highest BCUT2D eigenvalue weighted by molar-refractivity contribution is 9.10. The van der Waals surface area contributed by atoms with Crippen molar-refractivity contribution in [3.05, 3.63) is 40.3 Å². The zero-order valence-corrected chi connectivity index (χ0v) is 7.67. The maximum atomic E-state index is 11.0. The lowest BCUT2D eigenvalue weighted by atomic mass is 10.3. The first-order valence-corrected chi connectivity index (χ1v) is 4.10. The van der Waals surface area contributed by atoms with Gasteiger partial charge in [-0.1, -0.05) is 15.9 Å². The van der Waals surface area contributed by atoms with E-state index in [1.807, 2.05) is 6.07 Å². The zero-order chi connectivity index (χ0) is 8.72. The highest BCUT2D eigenvalue weighted by Gasteiger charge is 2.04. The number of oxazole rings is 1. The molecule has 1 radical (unpaired) electrons. The van der Waals surface area contributed by atoms with Crippen LogP contribution in [0.1, 0.15) is 0 Å². The van der Waals surface area contributed by atoms with Crippen molar-refractivity contribution in [2.24, 2.45) is 0 Å².